The molecule has 6 nitrogen and oxygen atoms in total. The first kappa shape index (κ1) is 12.3. The van der Waals surface area contributed by atoms with Crippen molar-refractivity contribution < 1.29 is 14.8 Å². The molecule has 0 fully saturated rings. The molecular weight excluding hydrogens is 212 g/mol. The predicted molar refractivity (Wildman–Crippen MR) is 60.0 cm³/mol. The van der Waals surface area contributed by atoms with Gasteiger partial charge in [0.05, 0.1) is 18.6 Å². The first-order valence-corrected chi connectivity index (χ1v) is 4.78. The van der Waals surface area contributed by atoms with Crippen LogP contribution in [0.1, 0.15) is 5.56 Å². The molecule has 0 spiro atoms. The number of nitrogens with one attached hydrogen (secondary N) is 1. The number of hydrogen-bond acceptors (Lipinski definition) is 5. The summed E-state index contributed by atoms with van der Waals surface area (Å²) in [6.07, 6.45) is 0. The minimum absolute atomic E-state index is 0.0285. The normalized spacial score (nSPS) is 9.94. The van der Waals surface area contributed by atoms with E-state index in [0.29, 0.717) is 12.2 Å². The molecule has 0 saturated carbocycles. The standard InChI is InChI=1S/C10H14N2O4/c1-7-5-10(16-2)9(12(14)15)6-8(7)11-3-4-13/h5-6,11,13H,3-4H2,1-2H3. The average molecular weight is 226 g/mol. The van der Waals surface area contributed by atoms with E-state index < -0.39 is 4.92 Å². The Balaban J connectivity index is 3.11. The van der Waals surface area contributed by atoms with Gasteiger partial charge in [0.2, 0.25) is 0 Å². The van der Waals surface area contributed by atoms with Gasteiger partial charge in [0.15, 0.2) is 5.75 Å². The van der Waals surface area contributed by atoms with E-state index in [1.54, 1.807) is 6.07 Å². The molecule has 6 heteroatoms. The molecule has 0 aliphatic carbocycles. The van der Waals surface area contributed by atoms with Crippen LogP contribution in [-0.2, 0) is 0 Å². The molecule has 0 aliphatic heterocycles. The number of nitro groups is 1. The molecule has 0 amide bonds. The molecule has 1 aromatic rings. The highest BCUT2D eigenvalue weighted by molar-refractivity contribution is 5.63. The van der Waals surface area contributed by atoms with Crippen molar-refractivity contribution in [1.82, 2.24) is 0 Å². The van der Waals surface area contributed by atoms with Crippen LogP contribution >= 0.6 is 0 Å². The molecule has 0 unspecified atom stereocenters. The topological polar surface area (TPSA) is 84.6 Å². The summed E-state index contributed by atoms with van der Waals surface area (Å²) in [5, 5.41) is 22.3. The summed E-state index contributed by atoms with van der Waals surface area (Å²) in [5.74, 6) is 0.233. The highest BCUT2D eigenvalue weighted by Crippen LogP contribution is 2.32. The van der Waals surface area contributed by atoms with Crippen LogP contribution < -0.4 is 10.1 Å². The largest absolute Gasteiger partial charge is 0.490 e. The summed E-state index contributed by atoms with van der Waals surface area (Å²) >= 11 is 0. The number of hydrogen-bond donors (Lipinski definition) is 2. The molecule has 0 aliphatic rings. The number of rotatable bonds is 5. The highest BCUT2D eigenvalue weighted by Gasteiger charge is 2.17. The molecule has 0 atom stereocenters. The van der Waals surface area contributed by atoms with Crippen LogP contribution in [0.2, 0.25) is 0 Å². The van der Waals surface area contributed by atoms with Crippen LogP contribution in [0.25, 0.3) is 0 Å². The Bertz CT molecular complexity index is 393. The van der Waals surface area contributed by atoms with E-state index in [0.717, 1.165) is 5.56 Å². The second kappa shape index (κ2) is 5.32. The summed E-state index contributed by atoms with van der Waals surface area (Å²) in [5.41, 5.74) is 1.37. The van der Waals surface area contributed by atoms with Gasteiger partial charge in [0.1, 0.15) is 0 Å². The Morgan fingerprint density at radius 2 is 2.25 bits per heavy atom. The second-order valence-electron chi connectivity index (χ2n) is 3.25. The lowest BCUT2D eigenvalue weighted by Crippen LogP contribution is -2.07. The van der Waals surface area contributed by atoms with E-state index in [9.17, 15) is 10.1 Å². The van der Waals surface area contributed by atoms with Crippen molar-refractivity contribution in [3.05, 3.63) is 27.8 Å². The van der Waals surface area contributed by atoms with E-state index >= 15 is 0 Å². The minimum atomic E-state index is -0.498. The summed E-state index contributed by atoms with van der Waals surface area (Å²) in [6.45, 7) is 2.13. The lowest BCUT2D eigenvalue weighted by Gasteiger charge is -2.10. The molecule has 0 aromatic heterocycles. The molecule has 88 valence electrons. The van der Waals surface area contributed by atoms with Gasteiger partial charge in [-0.1, -0.05) is 0 Å². The Morgan fingerprint density at radius 1 is 1.56 bits per heavy atom. The van der Waals surface area contributed by atoms with Gasteiger partial charge in [-0.2, -0.15) is 0 Å². The van der Waals surface area contributed by atoms with Gasteiger partial charge in [0.25, 0.3) is 0 Å². The zero-order valence-corrected chi connectivity index (χ0v) is 9.19. The summed E-state index contributed by atoms with van der Waals surface area (Å²) < 4.78 is 4.93. The molecule has 1 aromatic carbocycles. The highest BCUT2D eigenvalue weighted by atomic mass is 16.6. The van der Waals surface area contributed by atoms with Crippen LogP contribution in [0, 0.1) is 17.0 Å². The van der Waals surface area contributed by atoms with Gasteiger partial charge in [0, 0.05) is 18.3 Å². The smallest absolute Gasteiger partial charge is 0.312 e. The van der Waals surface area contributed by atoms with E-state index in [1.807, 2.05) is 6.92 Å². The number of methoxy groups -OCH3 is 1. The summed E-state index contributed by atoms with van der Waals surface area (Å²) in [7, 11) is 1.39. The van der Waals surface area contributed by atoms with Gasteiger partial charge in [-0.05, 0) is 18.6 Å². The zero-order chi connectivity index (χ0) is 12.1. The maximum absolute atomic E-state index is 10.8. The fourth-order valence-corrected chi connectivity index (χ4v) is 1.36. The molecule has 0 radical (unpaired) electrons. The van der Waals surface area contributed by atoms with E-state index in [2.05, 4.69) is 5.32 Å². The van der Waals surface area contributed by atoms with Gasteiger partial charge >= 0.3 is 5.69 Å². The van der Waals surface area contributed by atoms with E-state index in [4.69, 9.17) is 9.84 Å². The Hall–Kier alpha value is -1.82. The van der Waals surface area contributed by atoms with E-state index in [-0.39, 0.29) is 18.0 Å². The van der Waals surface area contributed by atoms with Crippen LogP contribution in [0.4, 0.5) is 11.4 Å². The maximum atomic E-state index is 10.8. The number of aliphatic hydroxyl groups excluding tert-OH is 1. The van der Waals surface area contributed by atoms with Crippen LogP contribution in [0.3, 0.4) is 0 Å². The fourth-order valence-electron chi connectivity index (χ4n) is 1.36. The van der Waals surface area contributed by atoms with Crippen molar-refractivity contribution in [2.45, 2.75) is 6.92 Å². The van der Waals surface area contributed by atoms with Crippen molar-refractivity contribution in [3.8, 4) is 5.75 Å². The molecule has 2 N–H and O–H groups in total. The van der Waals surface area contributed by atoms with Gasteiger partial charge in [-0.15, -0.1) is 0 Å². The minimum Gasteiger partial charge on any atom is -0.490 e. The Morgan fingerprint density at radius 3 is 2.75 bits per heavy atom. The Labute approximate surface area is 93.0 Å². The second-order valence-corrected chi connectivity index (χ2v) is 3.25. The first-order valence-electron chi connectivity index (χ1n) is 4.78. The molecule has 0 saturated heterocycles. The van der Waals surface area contributed by atoms with Crippen molar-refractivity contribution in [2.75, 3.05) is 25.6 Å². The monoisotopic (exact) mass is 226 g/mol. The van der Waals surface area contributed by atoms with Crippen molar-refractivity contribution in [2.24, 2.45) is 0 Å². The zero-order valence-electron chi connectivity index (χ0n) is 9.19. The number of anilines is 1. The van der Waals surface area contributed by atoms with E-state index in [1.165, 1.54) is 13.2 Å². The average Bonchev–Trinajstić information content (AvgIpc) is 2.26. The van der Waals surface area contributed by atoms with Crippen LogP contribution in [-0.4, -0.2) is 30.3 Å². The van der Waals surface area contributed by atoms with Crippen molar-refractivity contribution >= 4 is 11.4 Å². The fraction of sp³-hybridized carbons (Fsp3) is 0.400. The molecule has 16 heavy (non-hydrogen) atoms. The number of aliphatic hydroxyl groups is 1. The van der Waals surface area contributed by atoms with Gasteiger partial charge in [-0.25, -0.2) is 0 Å². The third-order valence-corrected chi connectivity index (χ3v) is 2.15. The number of benzene rings is 1. The number of ether oxygens (including phenoxy) is 1. The number of nitro benzene ring substituents is 1. The summed E-state index contributed by atoms with van der Waals surface area (Å²) in [4.78, 5) is 10.3. The Kier molecular flexibility index (Phi) is 4.07. The van der Waals surface area contributed by atoms with Gasteiger partial charge in [-0.3, -0.25) is 10.1 Å². The molecule has 0 bridgehead atoms. The quantitative estimate of drug-likeness (QED) is 0.584. The molecule has 0 heterocycles. The van der Waals surface area contributed by atoms with Crippen LogP contribution in [0.15, 0.2) is 12.1 Å². The molecule has 1 rings (SSSR count). The predicted octanol–water partition coefficient (Wildman–Crippen LogP) is 1.32. The maximum Gasteiger partial charge on any atom is 0.312 e. The third-order valence-electron chi connectivity index (χ3n) is 2.15. The van der Waals surface area contributed by atoms with Gasteiger partial charge < -0.3 is 15.2 Å². The summed E-state index contributed by atoms with van der Waals surface area (Å²) in [6, 6.07) is 3.00. The van der Waals surface area contributed by atoms with Crippen LogP contribution in [0.5, 0.6) is 5.75 Å². The van der Waals surface area contributed by atoms with Crippen molar-refractivity contribution in [3.63, 3.8) is 0 Å². The lowest BCUT2D eigenvalue weighted by molar-refractivity contribution is -0.385. The number of nitrogens with zero attached hydrogens (tertiary/aromatic N) is 1. The van der Waals surface area contributed by atoms with Crippen molar-refractivity contribution in [1.29, 1.82) is 0 Å². The third kappa shape index (κ3) is 2.60. The SMILES string of the molecule is COc1cc(C)c(NCCO)cc1[N+](=O)[O-]. The first-order chi connectivity index (χ1) is 7.60. The number of aryl methyl sites for hydroxylation is 1. The lowest BCUT2D eigenvalue weighted by atomic mass is 10.1. The molecular formula is C10H14N2O4.